The molecule has 92 valence electrons. The summed E-state index contributed by atoms with van der Waals surface area (Å²) in [6.45, 7) is 3.95. The van der Waals surface area contributed by atoms with Crippen molar-refractivity contribution in [1.29, 1.82) is 0 Å². The minimum atomic E-state index is -0.784. The van der Waals surface area contributed by atoms with E-state index in [0.29, 0.717) is 6.42 Å². The first-order valence-electron chi connectivity index (χ1n) is 6.16. The van der Waals surface area contributed by atoms with Crippen LogP contribution in [0.1, 0.15) is 31.7 Å². The average molecular weight is 233 g/mol. The molecule has 2 rings (SSSR count). The third-order valence-corrected chi connectivity index (χ3v) is 3.60. The first kappa shape index (κ1) is 12.0. The lowest BCUT2D eigenvalue weighted by Crippen LogP contribution is -2.48. The van der Waals surface area contributed by atoms with Crippen molar-refractivity contribution in [3.8, 4) is 0 Å². The summed E-state index contributed by atoms with van der Waals surface area (Å²) < 4.78 is 0. The Balaban J connectivity index is 2.26. The van der Waals surface area contributed by atoms with Gasteiger partial charge in [-0.25, -0.2) is 4.79 Å². The number of aryl methyl sites for hydroxylation is 1. The van der Waals surface area contributed by atoms with Crippen LogP contribution in [-0.4, -0.2) is 16.6 Å². The van der Waals surface area contributed by atoms with Crippen molar-refractivity contribution in [1.82, 2.24) is 0 Å². The van der Waals surface area contributed by atoms with Gasteiger partial charge < -0.3 is 10.4 Å². The molecule has 0 heterocycles. The summed E-state index contributed by atoms with van der Waals surface area (Å²) in [5.41, 5.74) is 1.26. The lowest BCUT2D eigenvalue weighted by atomic mass is 9.89. The number of aliphatic carboxylic acids is 1. The van der Waals surface area contributed by atoms with Crippen molar-refractivity contribution < 1.29 is 9.90 Å². The van der Waals surface area contributed by atoms with Crippen LogP contribution in [-0.2, 0) is 4.79 Å². The summed E-state index contributed by atoms with van der Waals surface area (Å²) in [4.78, 5) is 11.6. The summed E-state index contributed by atoms with van der Waals surface area (Å²) in [6, 6.07) is 7.89. The van der Waals surface area contributed by atoms with Gasteiger partial charge in [-0.1, -0.05) is 19.1 Å². The predicted octanol–water partition coefficient (Wildman–Crippen LogP) is 3.05. The number of carbonyl (C=O) groups is 1. The van der Waals surface area contributed by atoms with E-state index in [0.717, 1.165) is 24.1 Å². The fourth-order valence-electron chi connectivity index (χ4n) is 2.41. The Hall–Kier alpha value is -1.51. The van der Waals surface area contributed by atoms with Crippen molar-refractivity contribution in [2.75, 3.05) is 5.32 Å². The number of carboxylic acid groups (broad SMARTS) is 1. The zero-order valence-electron chi connectivity index (χ0n) is 10.4. The standard InChI is InChI=1S/C14H19NO2/c1-3-14(13(16)17,11-7-8-11)15-12-6-4-5-10(2)9-12/h4-6,9,11,15H,3,7-8H2,1-2H3,(H,16,17). The summed E-state index contributed by atoms with van der Waals surface area (Å²) in [5, 5.41) is 12.7. The lowest BCUT2D eigenvalue weighted by Gasteiger charge is -2.30. The van der Waals surface area contributed by atoms with Crippen LogP contribution in [0.15, 0.2) is 24.3 Å². The highest BCUT2D eigenvalue weighted by Crippen LogP contribution is 2.43. The Morgan fingerprint density at radius 1 is 1.53 bits per heavy atom. The third kappa shape index (κ3) is 2.28. The van der Waals surface area contributed by atoms with Crippen molar-refractivity contribution >= 4 is 11.7 Å². The topological polar surface area (TPSA) is 49.3 Å². The number of hydrogen-bond acceptors (Lipinski definition) is 2. The first-order valence-corrected chi connectivity index (χ1v) is 6.16. The van der Waals surface area contributed by atoms with Gasteiger partial charge in [-0.3, -0.25) is 0 Å². The largest absolute Gasteiger partial charge is 0.479 e. The molecule has 1 atom stereocenters. The number of rotatable bonds is 5. The Kier molecular flexibility index (Phi) is 3.09. The molecule has 2 N–H and O–H groups in total. The van der Waals surface area contributed by atoms with E-state index in [9.17, 15) is 9.90 Å². The molecule has 1 aromatic carbocycles. The van der Waals surface area contributed by atoms with E-state index in [1.165, 1.54) is 0 Å². The number of anilines is 1. The molecule has 0 bridgehead atoms. The van der Waals surface area contributed by atoms with Gasteiger partial charge in [0, 0.05) is 5.69 Å². The predicted molar refractivity (Wildman–Crippen MR) is 68.2 cm³/mol. The van der Waals surface area contributed by atoms with Crippen LogP contribution in [0.5, 0.6) is 0 Å². The Bertz CT molecular complexity index is 426. The molecule has 1 saturated carbocycles. The van der Waals surface area contributed by atoms with Crippen LogP contribution in [0.3, 0.4) is 0 Å². The highest BCUT2D eigenvalue weighted by atomic mass is 16.4. The van der Waals surface area contributed by atoms with E-state index in [1.807, 2.05) is 38.1 Å². The molecule has 0 aliphatic heterocycles. The molecule has 17 heavy (non-hydrogen) atoms. The highest BCUT2D eigenvalue weighted by molar-refractivity contribution is 5.83. The SMILES string of the molecule is CCC(Nc1cccc(C)c1)(C(=O)O)C1CC1. The number of benzene rings is 1. The molecule has 0 aromatic heterocycles. The zero-order chi connectivity index (χ0) is 12.5. The molecule has 0 spiro atoms. The molecule has 3 nitrogen and oxygen atoms in total. The fourth-order valence-corrected chi connectivity index (χ4v) is 2.41. The Morgan fingerprint density at radius 2 is 2.24 bits per heavy atom. The molecule has 1 aliphatic carbocycles. The lowest BCUT2D eigenvalue weighted by molar-refractivity contribution is -0.143. The van der Waals surface area contributed by atoms with Crippen molar-refractivity contribution in [2.24, 2.45) is 5.92 Å². The number of carboxylic acids is 1. The maximum atomic E-state index is 11.6. The maximum absolute atomic E-state index is 11.6. The van der Waals surface area contributed by atoms with Gasteiger partial charge in [-0.2, -0.15) is 0 Å². The van der Waals surface area contributed by atoms with Crippen LogP contribution >= 0.6 is 0 Å². The number of nitrogens with one attached hydrogen (secondary N) is 1. The van der Waals surface area contributed by atoms with Gasteiger partial charge in [0.15, 0.2) is 0 Å². The van der Waals surface area contributed by atoms with E-state index in [2.05, 4.69) is 5.32 Å². The average Bonchev–Trinajstić information content (AvgIpc) is 3.09. The van der Waals surface area contributed by atoms with Gasteiger partial charge in [-0.15, -0.1) is 0 Å². The molecular weight excluding hydrogens is 214 g/mol. The summed E-state index contributed by atoms with van der Waals surface area (Å²) >= 11 is 0. The monoisotopic (exact) mass is 233 g/mol. The van der Waals surface area contributed by atoms with Crippen LogP contribution in [0.2, 0.25) is 0 Å². The third-order valence-electron chi connectivity index (χ3n) is 3.60. The Labute approximate surface area is 102 Å². The Morgan fingerprint density at radius 3 is 2.71 bits per heavy atom. The molecular formula is C14H19NO2. The quantitative estimate of drug-likeness (QED) is 0.821. The summed E-state index contributed by atoms with van der Waals surface area (Å²) in [5.74, 6) is -0.463. The molecule has 0 amide bonds. The van der Waals surface area contributed by atoms with Gasteiger partial charge in [0.05, 0.1) is 0 Å². The number of hydrogen-bond donors (Lipinski definition) is 2. The molecule has 0 radical (unpaired) electrons. The molecule has 1 unspecified atom stereocenters. The zero-order valence-corrected chi connectivity index (χ0v) is 10.4. The van der Waals surface area contributed by atoms with Crippen molar-refractivity contribution in [3.05, 3.63) is 29.8 Å². The van der Waals surface area contributed by atoms with Crippen molar-refractivity contribution in [2.45, 2.75) is 38.6 Å². The second kappa shape index (κ2) is 4.40. The second-order valence-electron chi connectivity index (χ2n) is 4.90. The highest BCUT2D eigenvalue weighted by Gasteiger charge is 2.49. The van der Waals surface area contributed by atoms with Gasteiger partial charge in [0.1, 0.15) is 5.54 Å². The van der Waals surface area contributed by atoms with Gasteiger partial charge in [0.25, 0.3) is 0 Å². The van der Waals surface area contributed by atoms with Crippen LogP contribution in [0.25, 0.3) is 0 Å². The molecule has 1 aliphatic rings. The van der Waals surface area contributed by atoms with Crippen molar-refractivity contribution in [3.63, 3.8) is 0 Å². The van der Waals surface area contributed by atoms with Crippen LogP contribution in [0, 0.1) is 12.8 Å². The van der Waals surface area contributed by atoms with Gasteiger partial charge in [-0.05, 0) is 49.8 Å². The van der Waals surface area contributed by atoms with E-state index < -0.39 is 11.5 Å². The minimum absolute atomic E-state index is 0.269. The minimum Gasteiger partial charge on any atom is -0.479 e. The van der Waals surface area contributed by atoms with E-state index in [4.69, 9.17) is 0 Å². The van der Waals surface area contributed by atoms with E-state index in [1.54, 1.807) is 0 Å². The van der Waals surface area contributed by atoms with E-state index in [-0.39, 0.29) is 5.92 Å². The molecule has 1 fully saturated rings. The normalized spacial score (nSPS) is 18.5. The summed E-state index contributed by atoms with van der Waals surface area (Å²) in [7, 11) is 0. The maximum Gasteiger partial charge on any atom is 0.329 e. The molecule has 1 aromatic rings. The van der Waals surface area contributed by atoms with Gasteiger partial charge in [0.2, 0.25) is 0 Å². The smallest absolute Gasteiger partial charge is 0.329 e. The second-order valence-corrected chi connectivity index (χ2v) is 4.90. The van der Waals surface area contributed by atoms with E-state index >= 15 is 0 Å². The first-order chi connectivity index (χ1) is 8.08. The van der Waals surface area contributed by atoms with Gasteiger partial charge >= 0.3 is 5.97 Å². The molecule has 3 heteroatoms. The van der Waals surface area contributed by atoms with Crippen LogP contribution < -0.4 is 5.32 Å². The summed E-state index contributed by atoms with van der Waals surface area (Å²) in [6.07, 6.45) is 2.64. The molecule has 0 saturated heterocycles. The van der Waals surface area contributed by atoms with Crippen LogP contribution in [0.4, 0.5) is 5.69 Å². The fraction of sp³-hybridized carbons (Fsp3) is 0.500.